The van der Waals surface area contributed by atoms with Crippen LogP contribution in [-0.2, 0) is 14.3 Å². The van der Waals surface area contributed by atoms with Gasteiger partial charge < -0.3 is 14.8 Å². The Hall–Kier alpha value is -1.26. The lowest BCUT2D eigenvalue weighted by Gasteiger charge is -2.17. The summed E-state index contributed by atoms with van der Waals surface area (Å²) in [5, 5.41) is 2.41. The molecular weight excluding hydrogens is 186 g/mol. The number of carbonyl (C=O) groups is 2. The Labute approximate surface area is 83.8 Å². The highest BCUT2D eigenvalue weighted by Crippen LogP contribution is 2.06. The molecule has 0 saturated heterocycles. The van der Waals surface area contributed by atoms with Gasteiger partial charge >= 0.3 is 12.1 Å². The Morgan fingerprint density at radius 2 is 1.79 bits per heavy atom. The smallest absolute Gasteiger partial charge is 0.407 e. The first-order valence-corrected chi connectivity index (χ1v) is 4.43. The van der Waals surface area contributed by atoms with E-state index in [1.165, 1.54) is 14.2 Å². The Balaban J connectivity index is 4.24. The second-order valence-corrected chi connectivity index (χ2v) is 3.34. The van der Waals surface area contributed by atoms with Gasteiger partial charge in [-0.05, 0) is 12.3 Å². The van der Waals surface area contributed by atoms with Crippen molar-refractivity contribution < 1.29 is 19.1 Å². The van der Waals surface area contributed by atoms with E-state index in [-0.39, 0.29) is 5.92 Å². The molecule has 82 valence electrons. The Morgan fingerprint density at radius 3 is 2.14 bits per heavy atom. The minimum atomic E-state index is -0.632. The van der Waals surface area contributed by atoms with E-state index in [1.807, 2.05) is 13.8 Å². The summed E-state index contributed by atoms with van der Waals surface area (Å²) >= 11 is 0. The summed E-state index contributed by atoms with van der Waals surface area (Å²) in [5.74, 6) is -0.166. The van der Waals surface area contributed by atoms with E-state index in [4.69, 9.17) is 0 Å². The van der Waals surface area contributed by atoms with Crippen LogP contribution < -0.4 is 5.32 Å². The van der Waals surface area contributed by atoms with Crippen molar-refractivity contribution in [3.05, 3.63) is 0 Å². The normalized spacial score (nSPS) is 12.1. The Bertz CT molecular complexity index is 203. The van der Waals surface area contributed by atoms with Crippen molar-refractivity contribution >= 4 is 12.1 Å². The number of esters is 1. The van der Waals surface area contributed by atoms with Crippen molar-refractivity contribution in [2.45, 2.75) is 26.3 Å². The molecule has 0 spiro atoms. The molecule has 1 atom stereocenters. The predicted octanol–water partition coefficient (Wildman–Crippen LogP) is 0.930. The maximum absolute atomic E-state index is 11.2. The average molecular weight is 203 g/mol. The van der Waals surface area contributed by atoms with Crippen molar-refractivity contribution in [2.24, 2.45) is 5.92 Å². The van der Waals surface area contributed by atoms with Gasteiger partial charge in [0.2, 0.25) is 0 Å². The zero-order chi connectivity index (χ0) is 11.1. The number of carbonyl (C=O) groups excluding carboxylic acids is 2. The zero-order valence-corrected chi connectivity index (χ0v) is 8.99. The molecule has 0 aromatic rings. The van der Waals surface area contributed by atoms with Gasteiger partial charge in [0.15, 0.2) is 0 Å². The number of hydrogen-bond acceptors (Lipinski definition) is 4. The van der Waals surface area contributed by atoms with E-state index in [0.29, 0.717) is 6.42 Å². The van der Waals surface area contributed by atoms with E-state index in [9.17, 15) is 9.59 Å². The van der Waals surface area contributed by atoms with Gasteiger partial charge in [-0.15, -0.1) is 0 Å². The molecule has 14 heavy (non-hydrogen) atoms. The van der Waals surface area contributed by atoms with Crippen LogP contribution in [0.15, 0.2) is 0 Å². The fraction of sp³-hybridized carbons (Fsp3) is 0.778. The third-order valence-corrected chi connectivity index (χ3v) is 1.67. The minimum absolute atomic E-state index is 0.288. The number of alkyl carbamates (subject to hydrolysis) is 1. The van der Waals surface area contributed by atoms with Gasteiger partial charge in [-0.3, -0.25) is 0 Å². The Kier molecular flexibility index (Phi) is 5.67. The molecule has 0 aliphatic carbocycles. The highest BCUT2D eigenvalue weighted by atomic mass is 16.5. The summed E-state index contributed by atoms with van der Waals surface area (Å²) in [6.07, 6.45) is -0.0945. The van der Waals surface area contributed by atoms with E-state index in [2.05, 4.69) is 14.8 Å². The first-order chi connectivity index (χ1) is 6.51. The van der Waals surface area contributed by atoms with Crippen LogP contribution in [0.2, 0.25) is 0 Å². The summed E-state index contributed by atoms with van der Waals surface area (Å²) in [4.78, 5) is 22.1. The van der Waals surface area contributed by atoms with Crippen LogP contribution in [0, 0.1) is 5.92 Å². The summed E-state index contributed by atoms with van der Waals surface area (Å²) in [6.45, 7) is 3.91. The molecular formula is C9H17NO4. The van der Waals surface area contributed by atoms with Crippen LogP contribution in [0.25, 0.3) is 0 Å². The van der Waals surface area contributed by atoms with E-state index in [0.717, 1.165) is 0 Å². The SMILES string of the molecule is COC(=O)N[C@@H](CC(C)C)C(=O)OC. The Morgan fingerprint density at radius 1 is 1.21 bits per heavy atom. The lowest BCUT2D eigenvalue weighted by molar-refractivity contribution is -0.143. The molecule has 0 rings (SSSR count). The molecule has 5 nitrogen and oxygen atoms in total. The standard InChI is InChI=1S/C9H17NO4/c1-6(2)5-7(8(11)13-3)10-9(12)14-4/h6-7H,5H2,1-4H3,(H,10,12)/t7-/m0/s1. The van der Waals surface area contributed by atoms with Gasteiger partial charge in [-0.1, -0.05) is 13.8 Å². The fourth-order valence-electron chi connectivity index (χ4n) is 1.03. The molecule has 0 saturated carbocycles. The molecule has 0 fully saturated rings. The van der Waals surface area contributed by atoms with Crippen LogP contribution in [0.5, 0.6) is 0 Å². The van der Waals surface area contributed by atoms with Crippen LogP contribution in [0.3, 0.4) is 0 Å². The third-order valence-electron chi connectivity index (χ3n) is 1.67. The molecule has 0 aliphatic heterocycles. The number of nitrogens with one attached hydrogen (secondary N) is 1. The van der Waals surface area contributed by atoms with Crippen LogP contribution in [0.4, 0.5) is 4.79 Å². The lowest BCUT2D eigenvalue weighted by Crippen LogP contribution is -2.42. The van der Waals surface area contributed by atoms with E-state index >= 15 is 0 Å². The summed E-state index contributed by atoms with van der Waals surface area (Å²) < 4.78 is 8.95. The van der Waals surface area contributed by atoms with Crippen molar-refractivity contribution in [3.63, 3.8) is 0 Å². The second kappa shape index (κ2) is 6.23. The largest absolute Gasteiger partial charge is 0.467 e. The highest BCUT2D eigenvalue weighted by molar-refractivity contribution is 5.81. The van der Waals surface area contributed by atoms with E-state index < -0.39 is 18.1 Å². The van der Waals surface area contributed by atoms with Gasteiger partial charge in [0.25, 0.3) is 0 Å². The third kappa shape index (κ3) is 4.69. The molecule has 0 aromatic carbocycles. The summed E-state index contributed by atoms with van der Waals surface area (Å²) in [7, 11) is 2.54. The van der Waals surface area contributed by atoms with Gasteiger partial charge in [-0.25, -0.2) is 9.59 Å². The topological polar surface area (TPSA) is 64.6 Å². The number of amides is 1. The van der Waals surface area contributed by atoms with Gasteiger partial charge in [0, 0.05) is 0 Å². The number of rotatable bonds is 4. The van der Waals surface area contributed by atoms with Crippen molar-refractivity contribution in [1.82, 2.24) is 5.32 Å². The van der Waals surface area contributed by atoms with Gasteiger partial charge in [-0.2, -0.15) is 0 Å². The molecule has 5 heteroatoms. The van der Waals surface area contributed by atoms with Crippen molar-refractivity contribution in [1.29, 1.82) is 0 Å². The lowest BCUT2D eigenvalue weighted by atomic mass is 10.0. The molecule has 0 unspecified atom stereocenters. The molecule has 1 N–H and O–H groups in total. The number of methoxy groups -OCH3 is 2. The first kappa shape index (κ1) is 12.7. The summed E-state index contributed by atoms with van der Waals surface area (Å²) in [5.41, 5.74) is 0. The van der Waals surface area contributed by atoms with Crippen LogP contribution >= 0.6 is 0 Å². The van der Waals surface area contributed by atoms with Gasteiger partial charge in [0.1, 0.15) is 6.04 Å². The maximum atomic E-state index is 11.2. The second-order valence-electron chi connectivity index (χ2n) is 3.34. The molecule has 0 radical (unpaired) electrons. The highest BCUT2D eigenvalue weighted by Gasteiger charge is 2.22. The predicted molar refractivity (Wildman–Crippen MR) is 50.8 cm³/mol. The number of ether oxygens (including phenoxy) is 2. The van der Waals surface area contributed by atoms with Crippen LogP contribution in [0.1, 0.15) is 20.3 Å². The fourth-order valence-corrected chi connectivity index (χ4v) is 1.03. The molecule has 0 bridgehead atoms. The number of hydrogen-bond donors (Lipinski definition) is 1. The van der Waals surface area contributed by atoms with Gasteiger partial charge in [0.05, 0.1) is 14.2 Å². The van der Waals surface area contributed by atoms with Crippen molar-refractivity contribution in [2.75, 3.05) is 14.2 Å². The first-order valence-electron chi connectivity index (χ1n) is 4.43. The zero-order valence-electron chi connectivity index (χ0n) is 8.99. The van der Waals surface area contributed by atoms with Crippen molar-refractivity contribution in [3.8, 4) is 0 Å². The minimum Gasteiger partial charge on any atom is -0.467 e. The average Bonchev–Trinajstić information content (AvgIpc) is 2.14. The van der Waals surface area contributed by atoms with E-state index in [1.54, 1.807) is 0 Å². The monoisotopic (exact) mass is 203 g/mol. The van der Waals surface area contributed by atoms with Crippen LogP contribution in [-0.4, -0.2) is 32.3 Å². The molecule has 0 aromatic heterocycles. The maximum Gasteiger partial charge on any atom is 0.407 e. The summed E-state index contributed by atoms with van der Waals surface area (Å²) in [6, 6.07) is -0.632. The quantitative estimate of drug-likeness (QED) is 0.690. The molecule has 0 heterocycles. The molecule has 0 aliphatic rings. The molecule has 1 amide bonds.